The van der Waals surface area contributed by atoms with Gasteiger partial charge in [0.15, 0.2) is 15.8 Å². The molecule has 8 heteroatoms. The average molecular weight is 293 g/mol. The summed E-state index contributed by atoms with van der Waals surface area (Å²) in [4.78, 5) is 14.8. The van der Waals surface area contributed by atoms with Crippen LogP contribution in [0.3, 0.4) is 0 Å². The number of aliphatic hydroxyl groups is 1. The molecule has 0 spiro atoms. The predicted molar refractivity (Wildman–Crippen MR) is 74.4 cm³/mol. The Hall–Kier alpha value is -1.43. The van der Waals surface area contributed by atoms with Crippen molar-refractivity contribution < 1.29 is 5.11 Å². The van der Waals surface area contributed by atoms with E-state index in [-0.39, 0.29) is 6.42 Å². The third-order valence-electron chi connectivity index (χ3n) is 3.01. The first-order valence-electron chi connectivity index (χ1n) is 5.65. The van der Waals surface area contributed by atoms with E-state index in [1.54, 1.807) is 23.1 Å². The first kappa shape index (κ1) is 12.6. The van der Waals surface area contributed by atoms with Gasteiger partial charge in [-0.1, -0.05) is 11.8 Å². The maximum absolute atomic E-state index is 10.0. The van der Waals surface area contributed by atoms with E-state index in [0.717, 1.165) is 14.9 Å². The molecule has 2 aromatic rings. The van der Waals surface area contributed by atoms with E-state index < -0.39 is 5.60 Å². The third kappa shape index (κ3) is 2.14. The lowest BCUT2D eigenvalue weighted by molar-refractivity contribution is 0.0164. The second-order valence-corrected chi connectivity index (χ2v) is 6.50. The van der Waals surface area contributed by atoms with Gasteiger partial charge in [0.1, 0.15) is 16.6 Å². The Morgan fingerprint density at radius 2 is 2.37 bits per heavy atom. The van der Waals surface area contributed by atoms with Crippen LogP contribution in [0.5, 0.6) is 0 Å². The summed E-state index contributed by atoms with van der Waals surface area (Å²) >= 11 is 3.13. The number of hydrogen-bond acceptors (Lipinski definition) is 8. The molecular formula is C11H11N5OS2. The van der Waals surface area contributed by atoms with Crippen molar-refractivity contribution in [1.29, 1.82) is 5.26 Å². The van der Waals surface area contributed by atoms with Crippen LogP contribution in [-0.4, -0.2) is 45.0 Å². The average Bonchev–Trinajstić information content (AvgIpc) is 2.79. The van der Waals surface area contributed by atoms with Gasteiger partial charge in [0.05, 0.1) is 25.6 Å². The lowest BCUT2D eigenvalue weighted by Gasteiger charge is -2.45. The van der Waals surface area contributed by atoms with E-state index in [1.165, 1.54) is 6.33 Å². The van der Waals surface area contributed by atoms with Gasteiger partial charge in [0.2, 0.25) is 0 Å². The topological polar surface area (TPSA) is 85.9 Å². The molecular weight excluding hydrogens is 282 g/mol. The summed E-state index contributed by atoms with van der Waals surface area (Å²) in [7, 11) is 0. The number of rotatable bonds is 3. The molecule has 0 bridgehead atoms. The third-order valence-corrected chi connectivity index (χ3v) is 5.03. The molecule has 0 saturated carbocycles. The second kappa shape index (κ2) is 4.59. The van der Waals surface area contributed by atoms with Crippen molar-refractivity contribution in [3.8, 4) is 6.07 Å². The zero-order chi connectivity index (χ0) is 13.5. The fourth-order valence-corrected chi connectivity index (χ4v) is 3.64. The van der Waals surface area contributed by atoms with Crippen LogP contribution in [0.4, 0.5) is 5.82 Å². The normalized spacial score (nSPS) is 17.2. The number of hydrogen-bond donors (Lipinski definition) is 1. The first-order valence-corrected chi connectivity index (χ1v) is 7.69. The van der Waals surface area contributed by atoms with Crippen molar-refractivity contribution in [2.75, 3.05) is 24.2 Å². The zero-order valence-electron chi connectivity index (χ0n) is 10.2. The Balaban J connectivity index is 1.91. The Morgan fingerprint density at radius 1 is 1.58 bits per heavy atom. The van der Waals surface area contributed by atoms with Crippen LogP contribution in [0.1, 0.15) is 6.42 Å². The summed E-state index contributed by atoms with van der Waals surface area (Å²) < 4.78 is 1.88. The molecule has 0 amide bonds. The molecule has 1 N–H and O–H groups in total. The van der Waals surface area contributed by atoms with Gasteiger partial charge in [-0.3, -0.25) is 0 Å². The number of fused-ring (bicyclic) bond motifs is 1. The Kier molecular flexibility index (Phi) is 3.05. The summed E-state index contributed by atoms with van der Waals surface area (Å²) in [6.07, 6.45) is 3.61. The van der Waals surface area contributed by atoms with E-state index in [1.807, 2.05) is 17.2 Å². The highest BCUT2D eigenvalue weighted by atomic mass is 32.2. The van der Waals surface area contributed by atoms with Crippen molar-refractivity contribution in [2.24, 2.45) is 0 Å². The molecule has 6 nitrogen and oxygen atoms in total. The number of nitrogens with zero attached hydrogens (tertiary/aromatic N) is 5. The molecule has 1 aliphatic rings. The lowest BCUT2D eigenvalue weighted by atomic mass is 9.91. The number of thioether (sulfide) groups is 1. The molecule has 2 aromatic heterocycles. The van der Waals surface area contributed by atoms with Crippen LogP contribution < -0.4 is 4.90 Å². The molecule has 3 heterocycles. The van der Waals surface area contributed by atoms with Crippen LogP contribution in [-0.2, 0) is 0 Å². The smallest absolute Gasteiger partial charge is 0.176 e. The summed E-state index contributed by atoms with van der Waals surface area (Å²) in [5.74, 6) is 0.797. The maximum Gasteiger partial charge on any atom is 0.176 e. The van der Waals surface area contributed by atoms with Crippen molar-refractivity contribution in [3.05, 3.63) is 6.33 Å². The highest BCUT2D eigenvalue weighted by molar-refractivity contribution is 8.00. The highest BCUT2D eigenvalue weighted by Gasteiger charge is 2.42. The zero-order valence-corrected chi connectivity index (χ0v) is 11.8. The van der Waals surface area contributed by atoms with E-state index >= 15 is 0 Å². The van der Waals surface area contributed by atoms with Gasteiger partial charge in [0.25, 0.3) is 0 Å². The summed E-state index contributed by atoms with van der Waals surface area (Å²) in [6, 6.07) is 2.01. The van der Waals surface area contributed by atoms with Crippen LogP contribution in [0, 0.1) is 11.3 Å². The molecule has 19 heavy (non-hydrogen) atoms. The van der Waals surface area contributed by atoms with Crippen LogP contribution >= 0.6 is 23.1 Å². The number of anilines is 1. The minimum atomic E-state index is -0.904. The maximum atomic E-state index is 10.0. The van der Waals surface area contributed by atoms with Crippen LogP contribution in [0.2, 0.25) is 0 Å². The monoisotopic (exact) mass is 293 g/mol. The van der Waals surface area contributed by atoms with E-state index in [2.05, 4.69) is 15.0 Å². The molecule has 98 valence electrons. The summed E-state index contributed by atoms with van der Waals surface area (Å²) in [5, 5.41) is 18.7. The van der Waals surface area contributed by atoms with Gasteiger partial charge in [-0.25, -0.2) is 15.0 Å². The van der Waals surface area contributed by atoms with Crippen molar-refractivity contribution >= 4 is 39.3 Å². The van der Waals surface area contributed by atoms with E-state index in [9.17, 15) is 5.11 Å². The molecule has 3 rings (SSSR count). The minimum Gasteiger partial charge on any atom is -0.385 e. The number of nitriles is 1. The molecule has 0 atom stereocenters. The predicted octanol–water partition coefficient (Wildman–Crippen LogP) is 1.27. The molecule has 1 saturated heterocycles. The molecule has 0 radical (unpaired) electrons. The SMILES string of the molecule is CSc1nc2ncnc(N3CC(O)(CC#N)C3)c2s1. The van der Waals surface area contributed by atoms with Gasteiger partial charge in [-0.2, -0.15) is 5.26 Å². The van der Waals surface area contributed by atoms with Crippen molar-refractivity contribution in [3.63, 3.8) is 0 Å². The van der Waals surface area contributed by atoms with Gasteiger partial charge in [-0.05, 0) is 6.26 Å². The summed E-state index contributed by atoms with van der Waals surface area (Å²) in [6.45, 7) is 0.859. The highest BCUT2D eigenvalue weighted by Crippen LogP contribution is 2.36. The van der Waals surface area contributed by atoms with E-state index in [0.29, 0.717) is 18.7 Å². The fourth-order valence-electron chi connectivity index (χ4n) is 2.11. The number of aromatic nitrogens is 3. The quantitative estimate of drug-likeness (QED) is 0.853. The van der Waals surface area contributed by atoms with Crippen LogP contribution in [0.25, 0.3) is 10.3 Å². The fraction of sp³-hybridized carbons (Fsp3) is 0.455. The Labute approximate surface area is 118 Å². The van der Waals surface area contributed by atoms with Crippen LogP contribution in [0.15, 0.2) is 10.7 Å². The van der Waals surface area contributed by atoms with Gasteiger partial charge >= 0.3 is 0 Å². The van der Waals surface area contributed by atoms with Gasteiger partial charge < -0.3 is 10.0 Å². The van der Waals surface area contributed by atoms with E-state index in [4.69, 9.17) is 5.26 Å². The lowest BCUT2D eigenvalue weighted by Crippen LogP contribution is -2.62. The molecule has 0 aromatic carbocycles. The van der Waals surface area contributed by atoms with Gasteiger partial charge in [-0.15, -0.1) is 11.3 Å². The number of β-amino-alcohol motifs (C(OH)–C–C–N with tert-alkyl or cyclic N) is 1. The minimum absolute atomic E-state index is 0.149. The summed E-state index contributed by atoms with van der Waals surface area (Å²) in [5.41, 5.74) is -0.214. The van der Waals surface area contributed by atoms with Crippen molar-refractivity contribution in [1.82, 2.24) is 15.0 Å². The Bertz CT molecular complexity index is 659. The standard InChI is InChI=1S/C11H11N5OS2/c1-18-10-15-8-7(19-10)9(14-6-13-8)16-4-11(17,5-16)2-3-12/h6,17H,2,4-5H2,1H3. The molecule has 1 aliphatic heterocycles. The first-order chi connectivity index (χ1) is 9.15. The Morgan fingerprint density at radius 3 is 3.05 bits per heavy atom. The molecule has 0 aliphatic carbocycles. The number of thiazole rings is 1. The van der Waals surface area contributed by atoms with Crippen molar-refractivity contribution in [2.45, 2.75) is 16.4 Å². The molecule has 0 unspecified atom stereocenters. The molecule has 1 fully saturated rings. The van der Waals surface area contributed by atoms with Gasteiger partial charge in [0, 0.05) is 0 Å². The largest absolute Gasteiger partial charge is 0.385 e. The second-order valence-electron chi connectivity index (χ2n) is 4.45.